The Bertz CT molecular complexity index is 222. The van der Waals surface area contributed by atoms with E-state index in [1.54, 1.807) is 0 Å². The maximum atomic E-state index is 10.1. The molecule has 0 aromatic heterocycles. The molecule has 3 unspecified atom stereocenters. The van der Waals surface area contributed by atoms with Gasteiger partial charge in [0.1, 0.15) is 0 Å². The molecule has 2 fully saturated rings. The van der Waals surface area contributed by atoms with Crippen LogP contribution in [0.25, 0.3) is 0 Å². The Morgan fingerprint density at radius 3 is 2.64 bits per heavy atom. The van der Waals surface area contributed by atoms with E-state index in [0.29, 0.717) is 11.3 Å². The van der Waals surface area contributed by atoms with E-state index < -0.39 is 0 Å². The molecule has 14 heavy (non-hydrogen) atoms. The molecule has 2 N–H and O–H groups in total. The molecule has 2 rings (SSSR count). The summed E-state index contributed by atoms with van der Waals surface area (Å²) in [6.07, 6.45) is 3.27. The predicted molar refractivity (Wildman–Crippen MR) is 58.1 cm³/mol. The second-order valence-electron chi connectivity index (χ2n) is 6.05. The van der Waals surface area contributed by atoms with E-state index in [-0.39, 0.29) is 11.5 Å². The van der Waals surface area contributed by atoms with Crippen LogP contribution in [0.2, 0.25) is 0 Å². The second-order valence-corrected chi connectivity index (χ2v) is 6.05. The number of piperidine rings is 1. The van der Waals surface area contributed by atoms with Gasteiger partial charge in [-0.1, -0.05) is 20.8 Å². The Balaban J connectivity index is 2.26. The highest BCUT2D eigenvalue weighted by molar-refractivity contribution is 5.02. The maximum Gasteiger partial charge on any atom is 0.0594 e. The van der Waals surface area contributed by atoms with Gasteiger partial charge < -0.3 is 10.4 Å². The van der Waals surface area contributed by atoms with E-state index in [9.17, 15) is 5.11 Å². The first-order valence-corrected chi connectivity index (χ1v) is 5.85. The number of hydrogen-bond acceptors (Lipinski definition) is 2. The lowest BCUT2D eigenvalue weighted by atomic mass is 9.53. The fourth-order valence-electron chi connectivity index (χ4n) is 3.70. The van der Waals surface area contributed by atoms with Crippen LogP contribution >= 0.6 is 0 Å². The lowest BCUT2D eigenvalue weighted by Crippen LogP contribution is -2.56. The highest BCUT2D eigenvalue weighted by Crippen LogP contribution is 2.53. The Hall–Kier alpha value is -0.0800. The second kappa shape index (κ2) is 3.21. The summed E-state index contributed by atoms with van der Waals surface area (Å²) in [5, 5.41) is 13.6. The summed E-state index contributed by atoms with van der Waals surface area (Å²) >= 11 is 0. The molecule has 3 atom stereocenters. The lowest BCUT2D eigenvalue weighted by Gasteiger charge is -2.55. The molecule has 0 aromatic rings. The number of aliphatic hydroxyl groups excluding tert-OH is 1. The topological polar surface area (TPSA) is 32.3 Å². The van der Waals surface area contributed by atoms with Crippen molar-refractivity contribution in [2.24, 2.45) is 16.7 Å². The van der Waals surface area contributed by atoms with E-state index in [1.807, 2.05) is 0 Å². The van der Waals surface area contributed by atoms with Crippen molar-refractivity contribution < 1.29 is 5.11 Å². The van der Waals surface area contributed by atoms with Gasteiger partial charge >= 0.3 is 0 Å². The van der Waals surface area contributed by atoms with Crippen LogP contribution in [0.15, 0.2) is 0 Å². The minimum absolute atomic E-state index is 0.0984. The third-order valence-corrected chi connectivity index (χ3v) is 4.73. The van der Waals surface area contributed by atoms with Crippen molar-refractivity contribution in [3.63, 3.8) is 0 Å². The third-order valence-electron chi connectivity index (χ3n) is 4.73. The Morgan fingerprint density at radius 1 is 1.21 bits per heavy atom. The molecular formula is C12H23NO. The van der Waals surface area contributed by atoms with E-state index in [1.165, 1.54) is 12.8 Å². The number of fused-ring (bicyclic) bond motifs is 1. The van der Waals surface area contributed by atoms with Gasteiger partial charge in [-0.2, -0.15) is 0 Å². The predicted octanol–water partition coefficient (Wildman–Crippen LogP) is 1.78. The molecule has 1 aliphatic heterocycles. The van der Waals surface area contributed by atoms with Crippen molar-refractivity contribution in [1.82, 2.24) is 5.32 Å². The highest BCUT2D eigenvalue weighted by Gasteiger charge is 2.51. The zero-order chi connectivity index (χ0) is 10.4. The zero-order valence-electron chi connectivity index (χ0n) is 9.64. The molecule has 0 amide bonds. The van der Waals surface area contributed by atoms with Crippen molar-refractivity contribution in [2.75, 3.05) is 13.1 Å². The largest absolute Gasteiger partial charge is 0.393 e. The summed E-state index contributed by atoms with van der Waals surface area (Å²) in [7, 11) is 0. The summed E-state index contributed by atoms with van der Waals surface area (Å²) in [6, 6.07) is 0. The summed E-state index contributed by atoms with van der Waals surface area (Å²) in [6.45, 7) is 9.12. The lowest BCUT2D eigenvalue weighted by molar-refractivity contribution is -0.106. The summed E-state index contributed by atoms with van der Waals surface area (Å²) in [4.78, 5) is 0. The molecule has 1 aliphatic carbocycles. The fraction of sp³-hybridized carbons (Fsp3) is 1.00. The Labute approximate surface area is 87.1 Å². The van der Waals surface area contributed by atoms with Crippen LogP contribution in [0, 0.1) is 16.7 Å². The highest BCUT2D eigenvalue weighted by atomic mass is 16.3. The van der Waals surface area contributed by atoms with Gasteiger partial charge in [0.2, 0.25) is 0 Å². The monoisotopic (exact) mass is 197 g/mol. The first-order valence-electron chi connectivity index (χ1n) is 5.85. The summed E-state index contributed by atoms with van der Waals surface area (Å²) in [5.41, 5.74) is 0.524. The molecule has 1 saturated heterocycles. The molecule has 1 heterocycles. The molecule has 1 saturated carbocycles. The van der Waals surface area contributed by atoms with Crippen LogP contribution in [0.5, 0.6) is 0 Å². The van der Waals surface area contributed by atoms with Crippen molar-refractivity contribution in [3.8, 4) is 0 Å². The van der Waals surface area contributed by atoms with Crippen LogP contribution in [-0.2, 0) is 0 Å². The quantitative estimate of drug-likeness (QED) is 0.620. The van der Waals surface area contributed by atoms with Crippen LogP contribution in [0.4, 0.5) is 0 Å². The van der Waals surface area contributed by atoms with Gasteiger partial charge in [0, 0.05) is 6.54 Å². The van der Waals surface area contributed by atoms with E-state index >= 15 is 0 Å². The van der Waals surface area contributed by atoms with Crippen molar-refractivity contribution in [3.05, 3.63) is 0 Å². The third kappa shape index (κ3) is 1.40. The van der Waals surface area contributed by atoms with Gasteiger partial charge in [-0.3, -0.25) is 0 Å². The molecule has 0 bridgehead atoms. The number of nitrogens with one attached hydrogen (secondary N) is 1. The maximum absolute atomic E-state index is 10.1. The fourth-order valence-corrected chi connectivity index (χ4v) is 3.70. The van der Waals surface area contributed by atoms with Gasteiger partial charge in [-0.15, -0.1) is 0 Å². The van der Waals surface area contributed by atoms with Gasteiger partial charge in [-0.05, 0) is 42.6 Å². The normalized spacial score (nSPS) is 47.1. The number of hydrogen-bond donors (Lipinski definition) is 2. The number of rotatable bonds is 0. The molecule has 0 radical (unpaired) electrons. The molecule has 2 heteroatoms. The molecule has 2 aliphatic rings. The smallest absolute Gasteiger partial charge is 0.0594 e. The van der Waals surface area contributed by atoms with Gasteiger partial charge in [0.15, 0.2) is 0 Å². The minimum Gasteiger partial charge on any atom is -0.393 e. The van der Waals surface area contributed by atoms with E-state index in [2.05, 4.69) is 26.1 Å². The zero-order valence-corrected chi connectivity index (χ0v) is 9.64. The first kappa shape index (κ1) is 10.4. The molecule has 82 valence electrons. The average molecular weight is 197 g/mol. The molecule has 2 nitrogen and oxygen atoms in total. The summed E-state index contributed by atoms with van der Waals surface area (Å²) in [5.74, 6) is 0.681. The van der Waals surface area contributed by atoms with Crippen LogP contribution in [0.3, 0.4) is 0 Å². The summed E-state index contributed by atoms with van der Waals surface area (Å²) < 4.78 is 0. The van der Waals surface area contributed by atoms with Gasteiger partial charge in [0.25, 0.3) is 0 Å². The molecule has 0 spiro atoms. The first-order chi connectivity index (χ1) is 6.47. The minimum atomic E-state index is -0.0984. The van der Waals surface area contributed by atoms with E-state index in [4.69, 9.17) is 0 Å². The Morgan fingerprint density at radius 2 is 1.93 bits per heavy atom. The SMILES string of the molecule is CC12CCC(O)C(C)(C)C1CCNC2. The Kier molecular flexibility index (Phi) is 2.39. The number of aliphatic hydroxyl groups is 1. The van der Waals surface area contributed by atoms with Crippen molar-refractivity contribution in [2.45, 2.75) is 46.1 Å². The van der Waals surface area contributed by atoms with Gasteiger partial charge in [0.05, 0.1) is 6.10 Å². The molecule has 0 aromatic carbocycles. The molecular weight excluding hydrogens is 174 g/mol. The van der Waals surface area contributed by atoms with Crippen molar-refractivity contribution in [1.29, 1.82) is 0 Å². The average Bonchev–Trinajstić information content (AvgIpc) is 2.13. The van der Waals surface area contributed by atoms with E-state index in [0.717, 1.165) is 19.5 Å². The van der Waals surface area contributed by atoms with Crippen molar-refractivity contribution >= 4 is 0 Å². The van der Waals surface area contributed by atoms with Crippen LogP contribution < -0.4 is 5.32 Å². The standard InChI is InChI=1S/C12H23NO/c1-11(2)9-5-7-13-8-12(9,3)6-4-10(11)14/h9-10,13-14H,4-8H2,1-3H3. The van der Waals surface area contributed by atoms with Crippen LogP contribution in [0.1, 0.15) is 40.0 Å². The van der Waals surface area contributed by atoms with Crippen LogP contribution in [-0.4, -0.2) is 24.3 Å². The van der Waals surface area contributed by atoms with Gasteiger partial charge in [-0.25, -0.2) is 0 Å².